The lowest BCUT2D eigenvalue weighted by Crippen LogP contribution is -2.33. The average molecular weight is 235 g/mol. The van der Waals surface area contributed by atoms with Crippen LogP contribution in [0.4, 0.5) is 0 Å². The number of nitrogens with one attached hydrogen (secondary N) is 2. The molecule has 1 atom stereocenters. The molecule has 1 rings (SSSR count). The topological polar surface area (TPSA) is 54.0 Å². The monoisotopic (exact) mass is 235 g/mol. The van der Waals surface area contributed by atoms with Gasteiger partial charge in [0.2, 0.25) is 5.91 Å². The van der Waals surface area contributed by atoms with Gasteiger partial charge in [-0.3, -0.25) is 9.78 Å². The van der Waals surface area contributed by atoms with Gasteiger partial charge in [-0.15, -0.1) is 0 Å². The van der Waals surface area contributed by atoms with Crippen molar-refractivity contribution in [1.82, 2.24) is 15.6 Å². The lowest BCUT2D eigenvalue weighted by Gasteiger charge is -2.12. The Kier molecular flexibility index (Phi) is 5.63. The highest BCUT2D eigenvalue weighted by molar-refractivity contribution is 5.76. The Balaban J connectivity index is 2.36. The highest BCUT2D eigenvalue weighted by Gasteiger charge is 2.07. The van der Waals surface area contributed by atoms with Crippen LogP contribution in [0, 0.1) is 6.92 Å². The largest absolute Gasteiger partial charge is 0.352 e. The number of aromatic nitrogens is 1. The van der Waals surface area contributed by atoms with E-state index in [0.29, 0.717) is 13.0 Å². The minimum absolute atomic E-state index is 0.0784. The minimum Gasteiger partial charge on any atom is -0.352 e. The highest BCUT2D eigenvalue weighted by Crippen LogP contribution is 2.04. The molecule has 0 aliphatic heterocycles. The van der Waals surface area contributed by atoms with E-state index in [-0.39, 0.29) is 11.9 Å². The number of hydrogen-bond donors (Lipinski definition) is 2. The molecule has 0 aliphatic carbocycles. The van der Waals surface area contributed by atoms with Crippen molar-refractivity contribution in [3.63, 3.8) is 0 Å². The maximum atomic E-state index is 11.6. The molecule has 0 saturated carbocycles. The van der Waals surface area contributed by atoms with Crippen molar-refractivity contribution in [2.24, 2.45) is 0 Å². The zero-order valence-corrected chi connectivity index (χ0v) is 10.8. The van der Waals surface area contributed by atoms with Crippen LogP contribution in [0.2, 0.25) is 0 Å². The molecule has 0 aliphatic rings. The first-order chi connectivity index (χ1) is 8.13. The van der Waals surface area contributed by atoms with Crippen molar-refractivity contribution in [2.45, 2.75) is 39.8 Å². The summed E-state index contributed by atoms with van der Waals surface area (Å²) in [5, 5.41) is 6.14. The lowest BCUT2D eigenvalue weighted by molar-refractivity contribution is -0.121. The third kappa shape index (κ3) is 4.95. The van der Waals surface area contributed by atoms with Gasteiger partial charge in [-0.25, -0.2) is 0 Å². The number of aryl methyl sites for hydroxylation is 1. The van der Waals surface area contributed by atoms with Crippen LogP contribution in [-0.4, -0.2) is 23.5 Å². The standard InChI is InChI=1S/C13H21N3O/c1-4-15-11(3)7-13(17)16-9-12-5-6-14-8-10(12)2/h5-6,8,11,15H,4,7,9H2,1-3H3,(H,16,17). The molecule has 0 radical (unpaired) electrons. The van der Waals surface area contributed by atoms with E-state index in [1.807, 2.05) is 33.0 Å². The molecule has 1 unspecified atom stereocenters. The van der Waals surface area contributed by atoms with E-state index in [4.69, 9.17) is 0 Å². The molecular formula is C13H21N3O. The molecule has 4 heteroatoms. The summed E-state index contributed by atoms with van der Waals surface area (Å²) < 4.78 is 0. The summed E-state index contributed by atoms with van der Waals surface area (Å²) in [6.45, 7) is 7.51. The van der Waals surface area contributed by atoms with E-state index < -0.39 is 0 Å². The second-order valence-corrected chi connectivity index (χ2v) is 4.24. The van der Waals surface area contributed by atoms with Gasteiger partial charge in [0.15, 0.2) is 0 Å². The zero-order valence-electron chi connectivity index (χ0n) is 10.8. The summed E-state index contributed by atoms with van der Waals surface area (Å²) in [4.78, 5) is 15.7. The number of pyridine rings is 1. The predicted molar refractivity (Wildman–Crippen MR) is 68.6 cm³/mol. The van der Waals surface area contributed by atoms with Crippen molar-refractivity contribution in [1.29, 1.82) is 0 Å². The molecular weight excluding hydrogens is 214 g/mol. The molecule has 0 bridgehead atoms. The normalized spacial score (nSPS) is 12.2. The summed E-state index contributed by atoms with van der Waals surface area (Å²) in [5.41, 5.74) is 2.22. The molecule has 0 spiro atoms. The van der Waals surface area contributed by atoms with Crippen LogP contribution in [0.5, 0.6) is 0 Å². The van der Waals surface area contributed by atoms with Gasteiger partial charge >= 0.3 is 0 Å². The van der Waals surface area contributed by atoms with Crippen molar-refractivity contribution >= 4 is 5.91 Å². The van der Waals surface area contributed by atoms with E-state index in [1.54, 1.807) is 6.20 Å². The Morgan fingerprint density at radius 2 is 2.29 bits per heavy atom. The molecule has 4 nitrogen and oxygen atoms in total. The minimum atomic E-state index is 0.0784. The van der Waals surface area contributed by atoms with Crippen LogP contribution in [0.25, 0.3) is 0 Å². The number of carbonyl (C=O) groups excluding carboxylic acids is 1. The first-order valence-electron chi connectivity index (χ1n) is 6.03. The predicted octanol–water partition coefficient (Wildman–Crippen LogP) is 1.39. The SMILES string of the molecule is CCNC(C)CC(=O)NCc1ccncc1C. The summed E-state index contributed by atoms with van der Waals surface area (Å²) >= 11 is 0. The molecule has 1 aromatic heterocycles. The Morgan fingerprint density at radius 3 is 2.94 bits per heavy atom. The average Bonchev–Trinajstić information content (AvgIpc) is 2.28. The van der Waals surface area contributed by atoms with Crippen LogP contribution in [0.1, 0.15) is 31.4 Å². The Labute approximate surface area is 103 Å². The van der Waals surface area contributed by atoms with E-state index in [0.717, 1.165) is 17.7 Å². The van der Waals surface area contributed by atoms with Gasteiger partial charge < -0.3 is 10.6 Å². The number of amides is 1. The molecule has 0 saturated heterocycles. The number of nitrogens with zero attached hydrogens (tertiary/aromatic N) is 1. The van der Waals surface area contributed by atoms with Gasteiger partial charge in [0.25, 0.3) is 0 Å². The van der Waals surface area contributed by atoms with Crippen LogP contribution < -0.4 is 10.6 Å². The summed E-state index contributed by atoms with van der Waals surface area (Å²) in [7, 11) is 0. The van der Waals surface area contributed by atoms with Crippen LogP contribution in [0.15, 0.2) is 18.5 Å². The number of hydrogen-bond acceptors (Lipinski definition) is 3. The van der Waals surface area contributed by atoms with Gasteiger partial charge in [-0.1, -0.05) is 6.92 Å². The smallest absolute Gasteiger partial charge is 0.221 e. The third-order valence-corrected chi connectivity index (χ3v) is 2.66. The van der Waals surface area contributed by atoms with Gasteiger partial charge in [-0.2, -0.15) is 0 Å². The number of carbonyl (C=O) groups is 1. The molecule has 0 aromatic carbocycles. The quantitative estimate of drug-likeness (QED) is 0.783. The molecule has 2 N–H and O–H groups in total. The van der Waals surface area contributed by atoms with Crippen LogP contribution >= 0.6 is 0 Å². The van der Waals surface area contributed by atoms with E-state index >= 15 is 0 Å². The maximum absolute atomic E-state index is 11.6. The molecule has 17 heavy (non-hydrogen) atoms. The van der Waals surface area contributed by atoms with Crippen LogP contribution in [-0.2, 0) is 11.3 Å². The summed E-state index contributed by atoms with van der Waals surface area (Å²) in [5.74, 6) is 0.0784. The van der Waals surface area contributed by atoms with Crippen LogP contribution in [0.3, 0.4) is 0 Å². The fourth-order valence-corrected chi connectivity index (χ4v) is 1.67. The van der Waals surface area contributed by atoms with Crippen molar-refractivity contribution < 1.29 is 4.79 Å². The van der Waals surface area contributed by atoms with E-state index in [2.05, 4.69) is 15.6 Å². The lowest BCUT2D eigenvalue weighted by atomic mass is 10.1. The molecule has 0 fully saturated rings. The van der Waals surface area contributed by atoms with Gasteiger partial charge in [0.1, 0.15) is 0 Å². The Bertz CT molecular complexity index is 365. The summed E-state index contributed by atoms with van der Waals surface area (Å²) in [6.07, 6.45) is 4.07. The first-order valence-corrected chi connectivity index (χ1v) is 6.03. The Morgan fingerprint density at radius 1 is 1.53 bits per heavy atom. The molecule has 1 aromatic rings. The fraction of sp³-hybridized carbons (Fsp3) is 0.538. The molecule has 1 amide bonds. The Hall–Kier alpha value is -1.42. The first kappa shape index (κ1) is 13.6. The molecule has 94 valence electrons. The third-order valence-electron chi connectivity index (χ3n) is 2.66. The van der Waals surface area contributed by atoms with Crippen molar-refractivity contribution in [3.8, 4) is 0 Å². The van der Waals surface area contributed by atoms with Gasteiger partial charge in [0.05, 0.1) is 0 Å². The van der Waals surface area contributed by atoms with Crippen molar-refractivity contribution in [3.05, 3.63) is 29.6 Å². The zero-order chi connectivity index (χ0) is 12.7. The second kappa shape index (κ2) is 7.01. The van der Waals surface area contributed by atoms with E-state index in [9.17, 15) is 4.79 Å². The number of rotatable bonds is 6. The van der Waals surface area contributed by atoms with E-state index in [1.165, 1.54) is 0 Å². The fourth-order valence-electron chi connectivity index (χ4n) is 1.67. The summed E-state index contributed by atoms with van der Waals surface area (Å²) in [6, 6.07) is 2.15. The van der Waals surface area contributed by atoms with Crippen molar-refractivity contribution in [2.75, 3.05) is 6.54 Å². The van der Waals surface area contributed by atoms with Gasteiger partial charge in [-0.05, 0) is 37.6 Å². The molecule has 1 heterocycles. The van der Waals surface area contributed by atoms with Gasteiger partial charge in [0, 0.05) is 31.4 Å². The maximum Gasteiger partial charge on any atom is 0.221 e. The second-order valence-electron chi connectivity index (χ2n) is 4.24. The highest BCUT2D eigenvalue weighted by atomic mass is 16.1.